The number of aliphatic imine (C=N–C) groups is 2. The largest absolute Gasteiger partial charge is 0.367 e. The van der Waals surface area contributed by atoms with Crippen molar-refractivity contribution in [2.45, 2.75) is 12.3 Å². The second kappa shape index (κ2) is 2.91. The van der Waals surface area contributed by atoms with E-state index >= 15 is 0 Å². The normalized spacial score (nSPS) is 28.5. The second-order valence-corrected chi connectivity index (χ2v) is 1.87. The van der Waals surface area contributed by atoms with E-state index in [1.165, 1.54) is 0 Å². The van der Waals surface area contributed by atoms with Crippen molar-refractivity contribution < 1.29 is 5.11 Å². The van der Waals surface area contributed by atoms with Gasteiger partial charge in [0.1, 0.15) is 6.07 Å². The molecular weight excluding hydrogens is 144 g/mol. The number of rotatable bonds is 0. The molecule has 0 spiro atoms. The third kappa shape index (κ3) is 1.40. The fourth-order valence-corrected chi connectivity index (χ4v) is 0.665. The lowest BCUT2D eigenvalue weighted by atomic mass is 10.2. The summed E-state index contributed by atoms with van der Waals surface area (Å²) in [5, 5.41) is 25.6. The van der Waals surface area contributed by atoms with Crippen LogP contribution >= 0.6 is 0 Å². The number of nitrogens with zero attached hydrogens (tertiary/aromatic N) is 4. The lowest BCUT2D eigenvalue weighted by Gasteiger charge is -2.08. The Morgan fingerprint density at radius 3 is 2.82 bits per heavy atom. The Morgan fingerprint density at radius 1 is 1.55 bits per heavy atom. The minimum atomic E-state index is -1.07. The molecule has 2 unspecified atom stereocenters. The Hall–Kier alpha value is -1.72. The molecule has 0 amide bonds. The van der Waals surface area contributed by atoms with Gasteiger partial charge >= 0.3 is 0 Å². The second-order valence-electron chi connectivity index (χ2n) is 1.87. The van der Waals surface area contributed by atoms with Crippen LogP contribution in [0.2, 0.25) is 0 Å². The predicted molar refractivity (Wildman–Crippen MR) is 36.9 cm³/mol. The molecular formula is C6H4N4O. The summed E-state index contributed by atoms with van der Waals surface area (Å²) in [5.41, 5.74) is -0.0394. The van der Waals surface area contributed by atoms with Gasteiger partial charge in [-0.25, -0.2) is 4.99 Å². The quantitative estimate of drug-likeness (QED) is 0.489. The van der Waals surface area contributed by atoms with Crippen molar-refractivity contribution >= 4 is 11.9 Å². The molecule has 0 radical (unpaired) electrons. The van der Waals surface area contributed by atoms with E-state index in [0.29, 0.717) is 0 Å². The van der Waals surface area contributed by atoms with Crippen molar-refractivity contribution in [3.05, 3.63) is 0 Å². The van der Waals surface area contributed by atoms with Crippen LogP contribution in [-0.2, 0) is 0 Å². The lowest BCUT2D eigenvalue weighted by Crippen LogP contribution is -2.24. The fraction of sp³-hybridized carbons (Fsp3) is 0.333. The average molecular weight is 148 g/mol. The maximum absolute atomic E-state index is 8.83. The molecule has 0 aromatic carbocycles. The lowest BCUT2D eigenvalue weighted by molar-refractivity contribution is 0.255. The number of hydrogen-bond acceptors (Lipinski definition) is 5. The highest BCUT2D eigenvalue weighted by Crippen LogP contribution is 2.01. The highest BCUT2D eigenvalue weighted by Gasteiger charge is 2.18. The maximum atomic E-state index is 8.83. The Kier molecular flexibility index (Phi) is 1.95. The molecule has 54 valence electrons. The van der Waals surface area contributed by atoms with E-state index in [1.54, 1.807) is 12.1 Å². The van der Waals surface area contributed by atoms with Crippen molar-refractivity contribution in [3.8, 4) is 12.1 Å². The molecule has 0 saturated carbocycles. The van der Waals surface area contributed by atoms with Gasteiger partial charge in [0.15, 0.2) is 18.0 Å². The van der Waals surface area contributed by atoms with Gasteiger partial charge in [-0.15, -0.1) is 0 Å². The summed E-state index contributed by atoms with van der Waals surface area (Å²) in [4.78, 5) is 7.08. The molecule has 0 aromatic rings. The van der Waals surface area contributed by atoms with Crippen LogP contribution < -0.4 is 0 Å². The minimum absolute atomic E-state index is 0.0394. The molecule has 5 nitrogen and oxygen atoms in total. The molecule has 2 atom stereocenters. The third-order valence-electron chi connectivity index (χ3n) is 1.14. The molecule has 0 aliphatic carbocycles. The Balaban J connectivity index is 2.90. The standard InChI is InChI=1S/C6H4N4O/c7-1-4-5(2-8)10-6(11)3-9-4/h3-4,6,11H. The summed E-state index contributed by atoms with van der Waals surface area (Å²) in [6.07, 6.45) is 0.0589. The molecule has 5 heteroatoms. The van der Waals surface area contributed by atoms with Gasteiger partial charge in [-0.05, 0) is 0 Å². The smallest absolute Gasteiger partial charge is 0.187 e. The van der Waals surface area contributed by atoms with Crippen LogP contribution in [-0.4, -0.2) is 29.3 Å². The summed E-state index contributed by atoms with van der Waals surface area (Å²) < 4.78 is 0. The van der Waals surface area contributed by atoms with Crippen LogP contribution in [0.4, 0.5) is 0 Å². The van der Waals surface area contributed by atoms with E-state index in [2.05, 4.69) is 9.98 Å². The monoisotopic (exact) mass is 148 g/mol. The molecule has 0 bridgehead atoms. The van der Waals surface area contributed by atoms with Gasteiger partial charge in [-0.2, -0.15) is 10.5 Å². The Labute approximate surface area is 62.9 Å². The van der Waals surface area contributed by atoms with Crippen molar-refractivity contribution in [1.29, 1.82) is 10.5 Å². The van der Waals surface area contributed by atoms with Crippen LogP contribution in [0.25, 0.3) is 0 Å². The van der Waals surface area contributed by atoms with E-state index in [4.69, 9.17) is 15.6 Å². The zero-order chi connectivity index (χ0) is 8.27. The molecule has 1 rings (SSSR count). The highest BCUT2D eigenvalue weighted by atomic mass is 16.3. The molecule has 0 aromatic heterocycles. The van der Waals surface area contributed by atoms with Crippen LogP contribution in [0.1, 0.15) is 0 Å². The molecule has 1 aliphatic rings. The predicted octanol–water partition coefficient (Wildman–Crippen LogP) is -0.754. The summed E-state index contributed by atoms with van der Waals surface area (Å²) >= 11 is 0. The number of aliphatic hydroxyl groups excluding tert-OH is 1. The van der Waals surface area contributed by atoms with Crippen molar-refractivity contribution in [2.75, 3.05) is 0 Å². The van der Waals surface area contributed by atoms with Gasteiger partial charge in [-0.1, -0.05) is 0 Å². The summed E-state index contributed by atoms with van der Waals surface area (Å²) in [6, 6.07) is 2.61. The summed E-state index contributed by atoms with van der Waals surface area (Å²) in [7, 11) is 0. The molecule has 0 saturated heterocycles. The topological polar surface area (TPSA) is 92.5 Å². The number of nitriles is 2. The van der Waals surface area contributed by atoms with Crippen molar-refractivity contribution in [2.24, 2.45) is 9.98 Å². The number of hydrogen-bond donors (Lipinski definition) is 1. The van der Waals surface area contributed by atoms with Gasteiger partial charge in [0.05, 0.1) is 12.3 Å². The Bertz CT molecular complexity index is 293. The first-order chi connectivity index (χ1) is 5.27. The molecule has 1 aliphatic heterocycles. The van der Waals surface area contributed by atoms with Gasteiger partial charge < -0.3 is 5.11 Å². The first-order valence-electron chi connectivity index (χ1n) is 2.86. The zero-order valence-corrected chi connectivity index (χ0v) is 5.47. The third-order valence-corrected chi connectivity index (χ3v) is 1.14. The van der Waals surface area contributed by atoms with E-state index in [9.17, 15) is 0 Å². The van der Waals surface area contributed by atoms with Crippen LogP contribution in [0.5, 0.6) is 0 Å². The molecule has 0 fully saturated rings. The summed E-state index contributed by atoms with van der Waals surface area (Å²) in [6.45, 7) is 0. The van der Waals surface area contributed by atoms with E-state index in [-0.39, 0.29) is 5.71 Å². The van der Waals surface area contributed by atoms with Crippen molar-refractivity contribution in [3.63, 3.8) is 0 Å². The molecule has 1 N–H and O–H groups in total. The fourth-order valence-electron chi connectivity index (χ4n) is 0.665. The minimum Gasteiger partial charge on any atom is -0.367 e. The van der Waals surface area contributed by atoms with E-state index < -0.39 is 12.3 Å². The molecule has 11 heavy (non-hydrogen) atoms. The van der Waals surface area contributed by atoms with Gasteiger partial charge in [0.25, 0.3) is 0 Å². The van der Waals surface area contributed by atoms with E-state index in [0.717, 1.165) is 6.21 Å². The van der Waals surface area contributed by atoms with Gasteiger partial charge in [0, 0.05) is 0 Å². The number of aliphatic hydroxyl groups is 1. The Morgan fingerprint density at radius 2 is 2.27 bits per heavy atom. The SMILES string of the molecule is N#CC1=NC(O)C=NC1C#N. The maximum Gasteiger partial charge on any atom is 0.187 e. The average Bonchev–Trinajstić information content (AvgIpc) is 2.04. The van der Waals surface area contributed by atoms with Crippen molar-refractivity contribution in [1.82, 2.24) is 0 Å². The van der Waals surface area contributed by atoms with Crippen LogP contribution in [0, 0.1) is 22.7 Å². The van der Waals surface area contributed by atoms with E-state index in [1.807, 2.05) is 0 Å². The molecule has 1 heterocycles. The zero-order valence-electron chi connectivity index (χ0n) is 5.47. The highest BCUT2D eigenvalue weighted by molar-refractivity contribution is 6.06. The van der Waals surface area contributed by atoms with Gasteiger partial charge in [-0.3, -0.25) is 4.99 Å². The first-order valence-corrected chi connectivity index (χ1v) is 2.86. The van der Waals surface area contributed by atoms with Crippen LogP contribution in [0.15, 0.2) is 9.98 Å². The summed E-state index contributed by atoms with van der Waals surface area (Å²) in [5.74, 6) is 0. The first kappa shape index (κ1) is 7.39. The van der Waals surface area contributed by atoms with Crippen LogP contribution in [0.3, 0.4) is 0 Å². The van der Waals surface area contributed by atoms with Gasteiger partial charge in [0.2, 0.25) is 0 Å².